The molecule has 1 amide bonds. The van der Waals surface area contributed by atoms with Crippen molar-refractivity contribution in [2.75, 3.05) is 44.0 Å². The Morgan fingerprint density at radius 3 is 2.62 bits per heavy atom. The third kappa shape index (κ3) is 5.34. The van der Waals surface area contributed by atoms with Gasteiger partial charge in [0.25, 0.3) is 0 Å². The van der Waals surface area contributed by atoms with Crippen molar-refractivity contribution < 1.29 is 9.53 Å². The zero-order valence-corrected chi connectivity index (χ0v) is 19.8. The normalized spacial score (nSPS) is 13.9. The van der Waals surface area contributed by atoms with E-state index >= 15 is 0 Å². The van der Waals surface area contributed by atoms with Crippen molar-refractivity contribution in [1.29, 1.82) is 0 Å². The van der Waals surface area contributed by atoms with E-state index < -0.39 is 0 Å². The van der Waals surface area contributed by atoms with Crippen LogP contribution in [0.25, 0.3) is 5.69 Å². The molecule has 1 aliphatic rings. The van der Waals surface area contributed by atoms with Gasteiger partial charge in [-0.25, -0.2) is 4.98 Å². The van der Waals surface area contributed by atoms with E-state index in [2.05, 4.69) is 70.8 Å². The molecular weight excluding hydrogens is 420 g/mol. The number of thioether (sulfide) groups is 1. The van der Waals surface area contributed by atoms with E-state index in [1.807, 2.05) is 13.2 Å². The first-order valence-electron chi connectivity index (χ1n) is 10.9. The summed E-state index contributed by atoms with van der Waals surface area (Å²) in [5.74, 6) is 0.437. The Morgan fingerprint density at radius 2 is 1.88 bits per heavy atom. The van der Waals surface area contributed by atoms with Crippen LogP contribution in [0.5, 0.6) is 0 Å². The number of hydrogen-bond donors (Lipinski definition) is 0. The molecule has 0 spiro atoms. The maximum Gasteiger partial charge on any atom is 0.233 e. The lowest BCUT2D eigenvalue weighted by Crippen LogP contribution is -2.36. The number of ether oxygens (including phenoxy) is 1. The molecule has 2 aromatic carbocycles. The van der Waals surface area contributed by atoms with Crippen molar-refractivity contribution in [3.05, 3.63) is 71.5 Å². The number of imidazole rings is 1. The molecular formula is C25H30N4O2S. The Morgan fingerprint density at radius 1 is 1.12 bits per heavy atom. The van der Waals surface area contributed by atoms with E-state index in [9.17, 15) is 4.79 Å². The number of nitrogens with zero attached hydrogens (tertiary/aromatic N) is 4. The monoisotopic (exact) mass is 450 g/mol. The molecule has 0 saturated carbocycles. The predicted octanol–water partition coefficient (Wildman–Crippen LogP) is 4.08. The van der Waals surface area contributed by atoms with Crippen LogP contribution in [0.2, 0.25) is 0 Å². The van der Waals surface area contributed by atoms with E-state index in [1.165, 1.54) is 28.6 Å². The van der Waals surface area contributed by atoms with Gasteiger partial charge in [0.05, 0.1) is 24.7 Å². The van der Waals surface area contributed by atoms with Crippen molar-refractivity contribution in [2.24, 2.45) is 0 Å². The Kier molecular flexibility index (Phi) is 7.17. The molecule has 0 bridgehead atoms. The molecule has 1 aliphatic heterocycles. The largest absolute Gasteiger partial charge is 0.378 e. The highest BCUT2D eigenvalue weighted by Gasteiger charge is 2.15. The molecule has 0 aliphatic carbocycles. The van der Waals surface area contributed by atoms with Gasteiger partial charge in [-0.1, -0.05) is 36.0 Å². The van der Waals surface area contributed by atoms with Crippen LogP contribution < -0.4 is 4.90 Å². The molecule has 7 heteroatoms. The Labute approximate surface area is 194 Å². The van der Waals surface area contributed by atoms with Gasteiger partial charge < -0.3 is 14.5 Å². The summed E-state index contributed by atoms with van der Waals surface area (Å²) in [6.45, 7) is 8.16. The second-order valence-electron chi connectivity index (χ2n) is 8.17. The number of morpholine rings is 1. The maximum atomic E-state index is 12.8. The van der Waals surface area contributed by atoms with Crippen LogP contribution in [0.1, 0.15) is 16.7 Å². The van der Waals surface area contributed by atoms with Crippen LogP contribution in [0.4, 0.5) is 5.69 Å². The van der Waals surface area contributed by atoms with Gasteiger partial charge in [-0.05, 0) is 48.7 Å². The highest BCUT2D eigenvalue weighted by molar-refractivity contribution is 7.99. The number of carbonyl (C=O) groups excluding carboxylic acids is 1. The fourth-order valence-electron chi connectivity index (χ4n) is 3.79. The minimum absolute atomic E-state index is 0.0859. The van der Waals surface area contributed by atoms with Crippen LogP contribution >= 0.6 is 11.8 Å². The van der Waals surface area contributed by atoms with Gasteiger partial charge in [-0.2, -0.15) is 0 Å². The summed E-state index contributed by atoms with van der Waals surface area (Å²) in [6, 6.07) is 14.8. The maximum absolute atomic E-state index is 12.8. The van der Waals surface area contributed by atoms with E-state index in [0.717, 1.165) is 42.7 Å². The minimum Gasteiger partial charge on any atom is -0.378 e. The van der Waals surface area contributed by atoms with Gasteiger partial charge in [0.2, 0.25) is 5.91 Å². The average Bonchev–Trinajstić information content (AvgIpc) is 3.28. The molecule has 1 aromatic heterocycles. The molecule has 2 heterocycles. The van der Waals surface area contributed by atoms with E-state index in [1.54, 1.807) is 11.1 Å². The SMILES string of the molecule is Cc1ccc(C)c(-n2ccnc2SCC(=O)N(C)Cc2ccc(N3CCOCC3)cc2)c1. The summed E-state index contributed by atoms with van der Waals surface area (Å²) >= 11 is 1.47. The summed E-state index contributed by atoms with van der Waals surface area (Å²) in [7, 11) is 1.86. The van der Waals surface area contributed by atoms with Crippen LogP contribution in [0.15, 0.2) is 60.0 Å². The first-order valence-corrected chi connectivity index (χ1v) is 11.9. The van der Waals surface area contributed by atoms with Crippen LogP contribution in [-0.2, 0) is 16.1 Å². The molecule has 3 aromatic rings. The first kappa shape index (κ1) is 22.4. The second kappa shape index (κ2) is 10.2. The van der Waals surface area contributed by atoms with Crippen molar-refractivity contribution in [2.45, 2.75) is 25.5 Å². The Bertz CT molecular complexity index is 1060. The molecule has 0 atom stereocenters. The molecule has 1 saturated heterocycles. The third-order valence-electron chi connectivity index (χ3n) is 5.71. The zero-order chi connectivity index (χ0) is 22.5. The zero-order valence-electron chi connectivity index (χ0n) is 19.0. The van der Waals surface area contributed by atoms with Crippen LogP contribution in [0.3, 0.4) is 0 Å². The number of hydrogen-bond acceptors (Lipinski definition) is 5. The van der Waals surface area contributed by atoms with Gasteiger partial charge in [0.15, 0.2) is 5.16 Å². The van der Waals surface area contributed by atoms with Crippen LogP contribution in [-0.4, -0.2) is 59.5 Å². The first-order chi connectivity index (χ1) is 15.5. The van der Waals surface area contributed by atoms with Crippen LogP contribution in [0, 0.1) is 13.8 Å². The number of aromatic nitrogens is 2. The highest BCUT2D eigenvalue weighted by Crippen LogP contribution is 2.24. The van der Waals surface area contributed by atoms with E-state index in [-0.39, 0.29) is 5.91 Å². The number of anilines is 1. The Balaban J connectivity index is 1.34. The molecule has 0 radical (unpaired) electrons. The van der Waals surface area contributed by atoms with Crippen molar-refractivity contribution in [3.63, 3.8) is 0 Å². The quantitative estimate of drug-likeness (QED) is 0.508. The highest BCUT2D eigenvalue weighted by atomic mass is 32.2. The van der Waals surface area contributed by atoms with Crippen molar-refractivity contribution in [1.82, 2.24) is 14.5 Å². The van der Waals surface area contributed by atoms with Gasteiger partial charge in [0.1, 0.15) is 0 Å². The standard InChI is InChI=1S/C25H30N4O2S/c1-19-4-5-20(2)23(16-19)29-11-10-26-25(29)32-18-24(30)27(3)17-21-6-8-22(9-7-21)28-12-14-31-15-13-28/h4-11,16H,12-15,17-18H2,1-3H3. The molecule has 0 N–H and O–H groups in total. The van der Waals surface area contributed by atoms with Crippen molar-refractivity contribution in [3.8, 4) is 5.69 Å². The molecule has 1 fully saturated rings. The second-order valence-corrected chi connectivity index (χ2v) is 9.12. The predicted molar refractivity (Wildman–Crippen MR) is 130 cm³/mol. The topological polar surface area (TPSA) is 50.6 Å². The van der Waals surface area contributed by atoms with E-state index in [0.29, 0.717) is 12.3 Å². The van der Waals surface area contributed by atoms with Gasteiger partial charge in [-0.3, -0.25) is 9.36 Å². The molecule has 168 valence electrons. The summed E-state index contributed by atoms with van der Waals surface area (Å²) < 4.78 is 7.48. The summed E-state index contributed by atoms with van der Waals surface area (Å²) in [4.78, 5) is 21.4. The molecule has 4 rings (SSSR count). The summed E-state index contributed by atoms with van der Waals surface area (Å²) in [6.07, 6.45) is 3.74. The fraction of sp³-hybridized carbons (Fsp3) is 0.360. The van der Waals surface area contributed by atoms with Gasteiger partial charge in [-0.15, -0.1) is 0 Å². The number of aryl methyl sites for hydroxylation is 2. The molecule has 6 nitrogen and oxygen atoms in total. The number of rotatable bonds is 7. The Hall–Kier alpha value is -2.77. The van der Waals surface area contributed by atoms with E-state index in [4.69, 9.17) is 4.74 Å². The smallest absolute Gasteiger partial charge is 0.233 e. The van der Waals surface area contributed by atoms with Gasteiger partial charge in [0, 0.05) is 44.8 Å². The lowest BCUT2D eigenvalue weighted by Gasteiger charge is -2.29. The number of amides is 1. The van der Waals surface area contributed by atoms with Gasteiger partial charge >= 0.3 is 0 Å². The fourth-order valence-corrected chi connectivity index (χ4v) is 4.70. The lowest BCUT2D eigenvalue weighted by atomic mass is 10.1. The molecule has 0 unspecified atom stereocenters. The molecule has 32 heavy (non-hydrogen) atoms. The number of carbonyl (C=O) groups is 1. The van der Waals surface area contributed by atoms with Crippen molar-refractivity contribution >= 4 is 23.4 Å². The summed E-state index contributed by atoms with van der Waals surface area (Å²) in [5.41, 5.74) is 5.82. The lowest BCUT2D eigenvalue weighted by molar-refractivity contribution is -0.127. The number of benzene rings is 2. The minimum atomic E-state index is 0.0859. The summed E-state index contributed by atoms with van der Waals surface area (Å²) in [5, 5.41) is 0.829. The third-order valence-corrected chi connectivity index (χ3v) is 6.67. The average molecular weight is 451 g/mol.